The highest BCUT2D eigenvalue weighted by atomic mass is 15.1. The standard InChI is InChI=1S/C17H30N2/c1-6-19(7-2)14-16-10-8-15(9-11-16)12-13-18-17(3,4)5/h8-11,18H,6-7,12-14H2,1-5H3. The molecule has 2 heteroatoms. The summed E-state index contributed by atoms with van der Waals surface area (Å²) in [5.74, 6) is 0. The van der Waals surface area contributed by atoms with E-state index >= 15 is 0 Å². The lowest BCUT2D eigenvalue weighted by Gasteiger charge is -2.20. The fourth-order valence-corrected chi connectivity index (χ4v) is 2.10. The van der Waals surface area contributed by atoms with Crippen LogP contribution in [0, 0.1) is 0 Å². The Morgan fingerprint density at radius 3 is 1.95 bits per heavy atom. The fourth-order valence-electron chi connectivity index (χ4n) is 2.10. The molecule has 0 amide bonds. The van der Waals surface area contributed by atoms with Crippen LogP contribution in [0.5, 0.6) is 0 Å². The van der Waals surface area contributed by atoms with Crippen molar-refractivity contribution >= 4 is 0 Å². The SMILES string of the molecule is CCN(CC)Cc1ccc(CCNC(C)(C)C)cc1. The van der Waals surface area contributed by atoms with Crippen molar-refractivity contribution in [3.63, 3.8) is 0 Å². The zero-order valence-electron chi connectivity index (χ0n) is 13.3. The second-order valence-electron chi connectivity index (χ2n) is 6.20. The Morgan fingerprint density at radius 2 is 1.47 bits per heavy atom. The lowest BCUT2D eigenvalue weighted by molar-refractivity contribution is 0.296. The molecule has 1 N–H and O–H groups in total. The number of nitrogens with zero attached hydrogens (tertiary/aromatic N) is 1. The van der Waals surface area contributed by atoms with Gasteiger partial charge in [-0.05, 0) is 58.0 Å². The summed E-state index contributed by atoms with van der Waals surface area (Å²) in [7, 11) is 0. The number of nitrogens with one attached hydrogen (secondary N) is 1. The van der Waals surface area contributed by atoms with Crippen LogP contribution in [0.15, 0.2) is 24.3 Å². The van der Waals surface area contributed by atoms with Crippen LogP contribution >= 0.6 is 0 Å². The van der Waals surface area contributed by atoms with Crippen LogP contribution in [0.3, 0.4) is 0 Å². The molecule has 0 bridgehead atoms. The van der Waals surface area contributed by atoms with E-state index in [-0.39, 0.29) is 5.54 Å². The van der Waals surface area contributed by atoms with Crippen molar-refractivity contribution in [3.8, 4) is 0 Å². The lowest BCUT2D eigenvalue weighted by Crippen LogP contribution is -2.37. The third-order valence-electron chi connectivity index (χ3n) is 3.39. The van der Waals surface area contributed by atoms with E-state index in [1.807, 2.05) is 0 Å². The van der Waals surface area contributed by atoms with Crippen LogP contribution in [0.1, 0.15) is 45.7 Å². The summed E-state index contributed by atoms with van der Waals surface area (Å²) in [6.45, 7) is 15.4. The van der Waals surface area contributed by atoms with Crippen molar-refractivity contribution in [2.45, 2.75) is 53.1 Å². The smallest absolute Gasteiger partial charge is 0.0233 e. The normalized spacial score (nSPS) is 12.1. The quantitative estimate of drug-likeness (QED) is 0.809. The molecular weight excluding hydrogens is 232 g/mol. The van der Waals surface area contributed by atoms with Crippen LogP contribution in [-0.4, -0.2) is 30.1 Å². The molecule has 1 aromatic rings. The van der Waals surface area contributed by atoms with Crippen molar-refractivity contribution in [3.05, 3.63) is 35.4 Å². The molecule has 0 saturated heterocycles. The van der Waals surface area contributed by atoms with Gasteiger partial charge in [0.1, 0.15) is 0 Å². The Morgan fingerprint density at radius 1 is 0.947 bits per heavy atom. The minimum atomic E-state index is 0.211. The van der Waals surface area contributed by atoms with E-state index < -0.39 is 0 Å². The average Bonchev–Trinajstić information content (AvgIpc) is 2.36. The van der Waals surface area contributed by atoms with Gasteiger partial charge in [-0.25, -0.2) is 0 Å². The van der Waals surface area contributed by atoms with E-state index in [2.05, 4.69) is 69.1 Å². The monoisotopic (exact) mass is 262 g/mol. The van der Waals surface area contributed by atoms with Crippen molar-refractivity contribution in [1.82, 2.24) is 10.2 Å². The highest BCUT2D eigenvalue weighted by Crippen LogP contribution is 2.08. The van der Waals surface area contributed by atoms with Crippen LogP contribution < -0.4 is 5.32 Å². The molecule has 0 atom stereocenters. The van der Waals surface area contributed by atoms with Gasteiger partial charge in [-0.3, -0.25) is 4.90 Å². The molecule has 0 aliphatic carbocycles. The minimum Gasteiger partial charge on any atom is -0.312 e. The highest BCUT2D eigenvalue weighted by molar-refractivity contribution is 5.22. The summed E-state index contributed by atoms with van der Waals surface area (Å²) in [5.41, 5.74) is 3.04. The Balaban J connectivity index is 2.43. The third kappa shape index (κ3) is 6.74. The van der Waals surface area contributed by atoms with E-state index in [9.17, 15) is 0 Å². The Hall–Kier alpha value is -0.860. The molecule has 1 aromatic carbocycles. The van der Waals surface area contributed by atoms with Crippen molar-refractivity contribution in [2.75, 3.05) is 19.6 Å². The van der Waals surface area contributed by atoms with Gasteiger partial charge in [0.2, 0.25) is 0 Å². The Bertz CT molecular complexity index is 345. The van der Waals surface area contributed by atoms with Gasteiger partial charge in [0.25, 0.3) is 0 Å². The molecule has 0 aliphatic rings. The van der Waals surface area contributed by atoms with Gasteiger partial charge in [0.15, 0.2) is 0 Å². The molecule has 0 aromatic heterocycles. The van der Waals surface area contributed by atoms with Gasteiger partial charge < -0.3 is 5.32 Å². The Labute approximate surface area is 119 Å². The molecule has 1 rings (SSSR count). The number of benzene rings is 1. The zero-order valence-corrected chi connectivity index (χ0v) is 13.3. The van der Waals surface area contributed by atoms with Crippen LogP contribution in [0.25, 0.3) is 0 Å². The molecule has 0 unspecified atom stereocenters. The topological polar surface area (TPSA) is 15.3 Å². The van der Waals surface area contributed by atoms with Gasteiger partial charge in [0, 0.05) is 12.1 Å². The van der Waals surface area contributed by atoms with E-state index in [4.69, 9.17) is 0 Å². The van der Waals surface area contributed by atoms with Crippen molar-refractivity contribution < 1.29 is 0 Å². The molecule has 0 fully saturated rings. The first-order valence-corrected chi connectivity index (χ1v) is 7.49. The van der Waals surface area contributed by atoms with Crippen LogP contribution in [0.4, 0.5) is 0 Å². The Kier molecular flexibility index (Phi) is 6.53. The molecule has 19 heavy (non-hydrogen) atoms. The maximum Gasteiger partial charge on any atom is 0.0233 e. The van der Waals surface area contributed by atoms with Crippen LogP contribution in [-0.2, 0) is 13.0 Å². The summed E-state index contributed by atoms with van der Waals surface area (Å²) in [4.78, 5) is 2.44. The third-order valence-corrected chi connectivity index (χ3v) is 3.39. The summed E-state index contributed by atoms with van der Waals surface area (Å²) in [6.07, 6.45) is 1.10. The molecule has 0 aliphatic heterocycles. The summed E-state index contributed by atoms with van der Waals surface area (Å²) < 4.78 is 0. The first-order chi connectivity index (χ1) is 8.94. The van der Waals surface area contributed by atoms with Gasteiger partial charge in [0.05, 0.1) is 0 Å². The highest BCUT2D eigenvalue weighted by Gasteiger charge is 2.07. The molecule has 108 valence electrons. The molecular formula is C17H30N2. The number of hydrogen-bond donors (Lipinski definition) is 1. The first kappa shape index (κ1) is 16.2. The second-order valence-corrected chi connectivity index (χ2v) is 6.20. The van der Waals surface area contributed by atoms with Gasteiger partial charge in [-0.2, -0.15) is 0 Å². The predicted octanol–water partition coefficient (Wildman–Crippen LogP) is 3.46. The molecule has 0 saturated carbocycles. The number of hydrogen-bond acceptors (Lipinski definition) is 2. The molecule has 2 nitrogen and oxygen atoms in total. The summed E-state index contributed by atoms with van der Waals surface area (Å²) >= 11 is 0. The van der Waals surface area contributed by atoms with Crippen molar-refractivity contribution in [1.29, 1.82) is 0 Å². The zero-order chi connectivity index (χ0) is 14.3. The first-order valence-electron chi connectivity index (χ1n) is 7.49. The lowest BCUT2D eigenvalue weighted by atomic mass is 10.1. The molecule has 0 spiro atoms. The summed E-state index contributed by atoms with van der Waals surface area (Å²) in [6, 6.07) is 9.07. The van der Waals surface area contributed by atoms with Crippen LogP contribution in [0.2, 0.25) is 0 Å². The largest absolute Gasteiger partial charge is 0.312 e. The van der Waals surface area contributed by atoms with E-state index in [1.165, 1.54) is 11.1 Å². The maximum atomic E-state index is 3.53. The average molecular weight is 262 g/mol. The molecule has 0 heterocycles. The van der Waals surface area contributed by atoms with Gasteiger partial charge in [-0.15, -0.1) is 0 Å². The van der Waals surface area contributed by atoms with E-state index in [0.717, 1.165) is 32.6 Å². The minimum absolute atomic E-state index is 0.211. The van der Waals surface area contributed by atoms with Gasteiger partial charge in [-0.1, -0.05) is 38.1 Å². The van der Waals surface area contributed by atoms with Crippen molar-refractivity contribution in [2.24, 2.45) is 0 Å². The fraction of sp³-hybridized carbons (Fsp3) is 0.647. The van der Waals surface area contributed by atoms with E-state index in [1.54, 1.807) is 0 Å². The maximum absolute atomic E-state index is 3.53. The second kappa shape index (κ2) is 7.66. The number of rotatable bonds is 7. The van der Waals surface area contributed by atoms with Gasteiger partial charge >= 0.3 is 0 Å². The van der Waals surface area contributed by atoms with E-state index in [0.29, 0.717) is 0 Å². The summed E-state index contributed by atoms with van der Waals surface area (Å²) in [5, 5.41) is 3.53. The molecule has 0 radical (unpaired) electrons. The predicted molar refractivity (Wildman–Crippen MR) is 84.5 cm³/mol.